The van der Waals surface area contributed by atoms with Gasteiger partial charge in [0, 0.05) is 34.6 Å². The number of nitro benzene ring substituents is 1. The second kappa shape index (κ2) is 9.11. The van der Waals surface area contributed by atoms with Crippen molar-refractivity contribution in [2.75, 3.05) is 13.6 Å². The molecular formula is C27H26N4O3. The fourth-order valence-electron chi connectivity index (χ4n) is 4.72. The fourth-order valence-corrected chi connectivity index (χ4v) is 4.72. The summed E-state index contributed by atoms with van der Waals surface area (Å²) in [4.78, 5) is 21.2. The van der Waals surface area contributed by atoms with Gasteiger partial charge in [-0.3, -0.25) is 10.1 Å². The van der Waals surface area contributed by atoms with Crippen LogP contribution >= 0.6 is 0 Å². The average Bonchev–Trinajstić information content (AvgIpc) is 3.40. The fraction of sp³-hybridized carbons (Fsp3) is 0.222. The lowest BCUT2D eigenvalue weighted by Crippen LogP contribution is -2.26. The molecule has 4 aromatic rings. The zero-order valence-corrected chi connectivity index (χ0v) is 18.9. The predicted molar refractivity (Wildman–Crippen MR) is 134 cm³/mol. The average molecular weight is 455 g/mol. The molecule has 0 saturated carbocycles. The number of non-ortho nitro benzene ring substituents is 1. The van der Waals surface area contributed by atoms with Crippen molar-refractivity contribution in [2.45, 2.75) is 25.3 Å². The van der Waals surface area contributed by atoms with Crippen LogP contribution in [-0.4, -0.2) is 45.3 Å². The van der Waals surface area contributed by atoms with Gasteiger partial charge in [0.2, 0.25) is 0 Å². The highest BCUT2D eigenvalue weighted by molar-refractivity contribution is 6.22. The molecule has 1 saturated heterocycles. The summed E-state index contributed by atoms with van der Waals surface area (Å²) < 4.78 is 0. The van der Waals surface area contributed by atoms with Crippen LogP contribution < -0.4 is 0 Å². The van der Waals surface area contributed by atoms with Crippen LogP contribution in [0.25, 0.3) is 10.9 Å². The third kappa shape index (κ3) is 4.30. The van der Waals surface area contributed by atoms with Crippen molar-refractivity contribution in [3.8, 4) is 5.88 Å². The molecule has 5 rings (SSSR count). The molecule has 34 heavy (non-hydrogen) atoms. The molecule has 1 unspecified atom stereocenters. The number of benzene rings is 3. The van der Waals surface area contributed by atoms with Crippen molar-refractivity contribution >= 4 is 28.0 Å². The number of aromatic nitrogens is 1. The lowest BCUT2D eigenvalue weighted by atomic mass is 10.00. The quantitative estimate of drug-likeness (QED) is 0.226. The number of likely N-dealkylation sites (N-methyl/N-ethyl adjacent to an activating group) is 1. The maximum absolute atomic E-state index is 11.4. The summed E-state index contributed by atoms with van der Waals surface area (Å²) in [6.45, 7) is 1.15. The van der Waals surface area contributed by atoms with Crippen molar-refractivity contribution in [1.82, 2.24) is 9.88 Å². The lowest BCUT2D eigenvalue weighted by Gasteiger charge is -2.19. The van der Waals surface area contributed by atoms with Crippen molar-refractivity contribution < 1.29 is 10.0 Å². The first-order valence-corrected chi connectivity index (χ1v) is 11.4. The first-order valence-electron chi connectivity index (χ1n) is 11.4. The van der Waals surface area contributed by atoms with Crippen molar-refractivity contribution in [2.24, 2.45) is 4.99 Å². The highest BCUT2D eigenvalue weighted by atomic mass is 16.6. The number of aromatic amines is 1. The molecule has 172 valence electrons. The van der Waals surface area contributed by atoms with Crippen LogP contribution in [0.15, 0.2) is 77.8 Å². The molecule has 0 radical (unpaired) electrons. The van der Waals surface area contributed by atoms with Crippen LogP contribution in [0.1, 0.15) is 29.5 Å². The van der Waals surface area contributed by atoms with Crippen molar-refractivity contribution in [3.63, 3.8) is 0 Å². The topological polar surface area (TPSA) is 94.8 Å². The molecule has 7 nitrogen and oxygen atoms in total. The minimum Gasteiger partial charge on any atom is -0.494 e. The molecule has 3 aromatic carbocycles. The van der Waals surface area contributed by atoms with E-state index in [9.17, 15) is 15.2 Å². The van der Waals surface area contributed by atoms with Crippen LogP contribution in [0.4, 0.5) is 11.4 Å². The van der Waals surface area contributed by atoms with Crippen LogP contribution in [0.5, 0.6) is 5.88 Å². The van der Waals surface area contributed by atoms with E-state index in [2.05, 4.69) is 29.1 Å². The maximum atomic E-state index is 11.4. The van der Waals surface area contributed by atoms with E-state index < -0.39 is 4.92 Å². The molecule has 7 heteroatoms. The van der Waals surface area contributed by atoms with E-state index >= 15 is 0 Å². The second-order valence-corrected chi connectivity index (χ2v) is 8.81. The Labute approximate surface area is 197 Å². The maximum Gasteiger partial charge on any atom is 0.270 e. The van der Waals surface area contributed by atoms with Gasteiger partial charge in [0.05, 0.1) is 21.9 Å². The molecule has 2 heterocycles. The van der Waals surface area contributed by atoms with Crippen LogP contribution in [0.3, 0.4) is 0 Å². The number of aliphatic imine (C=N–C) groups is 1. The van der Waals surface area contributed by atoms with Gasteiger partial charge in [-0.05, 0) is 56.6 Å². The molecule has 0 spiro atoms. The van der Waals surface area contributed by atoms with E-state index in [-0.39, 0.29) is 11.6 Å². The monoisotopic (exact) mass is 454 g/mol. The Balaban J connectivity index is 1.57. The zero-order valence-electron chi connectivity index (χ0n) is 18.9. The summed E-state index contributed by atoms with van der Waals surface area (Å²) in [7, 11) is 2.18. The van der Waals surface area contributed by atoms with Crippen LogP contribution in [0, 0.1) is 10.1 Å². The highest BCUT2D eigenvalue weighted by Crippen LogP contribution is 2.33. The van der Waals surface area contributed by atoms with E-state index in [4.69, 9.17) is 4.99 Å². The molecule has 0 bridgehead atoms. The summed E-state index contributed by atoms with van der Waals surface area (Å²) >= 11 is 0. The summed E-state index contributed by atoms with van der Waals surface area (Å²) in [6.07, 6.45) is 3.48. The molecule has 1 aromatic heterocycles. The van der Waals surface area contributed by atoms with E-state index in [1.165, 1.54) is 30.5 Å². The van der Waals surface area contributed by atoms with Gasteiger partial charge in [-0.25, -0.2) is 4.99 Å². The Morgan fingerprint density at radius 2 is 1.91 bits per heavy atom. The number of nitro groups is 1. The number of rotatable bonds is 6. The number of nitrogens with zero attached hydrogens (tertiary/aromatic N) is 3. The van der Waals surface area contributed by atoms with Crippen molar-refractivity contribution in [1.29, 1.82) is 0 Å². The number of H-pyrrole nitrogens is 1. The van der Waals surface area contributed by atoms with E-state index in [0.29, 0.717) is 28.2 Å². The molecule has 1 atom stereocenters. The molecule has 2 N–H and O–H groups in total. The molecular weight excluding hydrogens is 428 g/mol. The number of hydrogen-bond acceptors (Lipinski definition) is 5. The van der Waals surface area contributed by atoms with Crippen LogP contribution in [-0.2, 0) is 6.42 Å². The molecule has 0 aliphatic carbocycles. The number of hydrogen-bond donors (Lipinski definition) is 2. The standard InChI is InChI=1S/C27H26N4O3/c1-30-15-5-8-21(30)16-18-9-11-20(12-10-18)28-26(19-6-3-2-4-7-19)25-23-17-22(31(33)34)13-14-24(23)29-27(25)32/h2-4,6-7,9-14,17,21,29,32H,5,8,15-16H2,1H3. The highest BCUT2D eigenvalue weighted by Gasteiger charge is 2.22. The van der Waals surface area contributed by atoms with Gasteiger partial charge in [-0.2, -0.15) is 0 Å². The Kier molecular flexibility index (Phi) is 5.86. The SMILES string of the molecule is CN1CCCC1Cc1ccc(N=C(c2ccccc2)c2c(O)[nH]c3ccc([N+](=O)[O-])cc23)cc1. The normalized spacial score (nSPS) is 16.9. The van der Waals surface area contributed by atoms with Gasteiger partial charge in [0.25, 0.3) is 5.69 Å². The number of fused-ring (bicyclic) bond motifs is 1. The molecule has 1 fully saturated rings. The minimum atomic E-state index is -0.437. The summed E-state index contributed by atoms with van der Waals surface area (Å²) in [5.41, 5.74) is 4.39. The van der Waals surface area contributed by atoms with Gasteiger partial charge < -0.3 is 15.0 Å². The smallest absolute Gasteiger partial charge is 0.270 e. The van der Waals surface area contributed by atoms with Gasteiger partial charge >= 0.3 is 0 Å². The van der Waals surface area contributed by atoms with Crippen molar-refractivity contribution in [3.05, 3.63) is 99.6 Å². The largest absolute Gasteiger partial charge is 0.494 e. The minimum absolute atomic E-state index is 0.0404. The summed E-state index contributed by atoms with van der Waals surface area (Å²) in [5, 5.41) is 22.7. The third-order valence-electron chi connectivity index (χ3n) is 6.58. The zero-order chi connectivity index (χ0) is 23.7. The Bertz CT molecular complexity index is 1360. The Morgan fingerprint density at radius 1 is 1.15 bits per heavy atom. The lowest BCUT2D eigenvalue weighted by molar-refractivity contribution is -0.384. The number of likely N-dealkylation sites (tertiary alicyclic amines) is 1. The van der Waals surface area contributed by atoms with E-state index in [0.717, 1.165) is 24.2 Å². The first kappa shape index (κ1) is 21.9. The van der Waals surface area contributed by atoms with Gasteiger partial charge in [0.15, 0.2) is 5.88 Å². The molecule has 0 amide bonds. The van der Waals surface area contributed by atoms with Gasteiger partial charge in [-0.15, -0.1) is 0 Å². The Hall–Kier alpha value is -3.97. The Morgan fingerprint density at radius 3 is 2.59 bits per heavy atom. The van der Waals surface area contributed by atoms with Crippen LogP contribution in [0.2, 0.25) is 0 Å². The number of aromatic hydroxyl groups is 1. The predicted octanol–water partition coefficient (Wildman–Crippen LogP) is 5.59. The van der Waals surface area contributed by atoms with E-state index in [1.54, 1.807) is 6.07 Å². The van der Waals surface area contributed by atoms with Gasteiger partial charge in [0.1, 0.15) is 0 Å². The number of nitrogens with one attached hydrogen (secondary N) is 1. The molecule has 1 aliphatic rings. The second-order valence-electron chi connectivity index (χ2n) is 8.81. The van der Waals surface area contributed by atoms with E-state index in [1.807, 2.05) is 42.5 Å². The molecule has 1 aliphatic heterocycles. The van der Waals surface area contributed by atoms with Gasteiger partial charge in [-0.1, -0.05) is 42.5 Å². The third-order valence-corrected chi connectivity index (χ3v) is 6.58. The summed E-state index contributed by atoms with van der Waals surface area (Å²) in [6, 6.07) is 22.8. The summed E-state index contributed by atoms with van der Waals surface area (Å²) in [5.74, 6) is -0.0704. The first-order chi connectivity index (χ1) is 16.5.